The molecule has 0 fully saturated rings. The van der Waals surface area contributed by atoms with Crippen LogP contribution in [-0.4, -0.2) is 18.0 Å². The first-order valence-corrected chi connectivity index (χ1v) is 7.35. The van der Waals surface area contributed by atoms with Crippen molar-refractivity contribution in [2.24, 2.45) is 5.92 Å². The minimum Gasteiger partial charge on any atom is -0.494 e. The number of hydrogen-bond acceptors (Lipinski definition) is 5. The molecular weight excluding hydrogens is 274 g/mol. The van der Waals surface area contributed by atoms with Gasteiger partial charge in [-0.05, 0) is 18.4 Å². The number of amides is 1. The van der Waals surface area contributed by atoms with Crippen LogP contribution in [0.15, 0.2) is 12.1 Å². The van der Waals surface area contributed by atoms with Crippen molar-refractivity contribution in [3.8, 4) is 5.75 Å². The largest absolute Gasteiger partial charge is 0.494 e. The number of nitrogens with zero attached hydrogens (tertiary/aromatic N) is 1. The molecule has 1 amide bonds. The fraction of sp³-hybridized carbons (Fsp3) is 0.429. The molecule has 2 aromatic rings. The summed E-state index contributed by atoms with van der Waals surface area (Å²) in [4.78, 5) is 16.2. The monoisotopic (exact) mass is 293 g/mol. The maximum Gasteiger partial charge on any atom is 0.226 e. The molecule has 0 aliphatic carbocycles. The molecule has 6 heteroatoms. The highest BCUT2D eigenvalue weighted by Crippen LogP contribution is 2.34. The van der Waals surface area contributed by atoms with Crippen LogP contribution in [0.2, 0.25) is 0 Å². The van der Waals surface area contributed by atoms with E-state index in [0.717, 1.165) is 16.6 Å². The Morgan fingerprint density at radius 1 is 1.50 bits per heavy atom. The smallest absolute Gasteiger partial charge is 0.226 e. The highest BCUT2D eigenvalue weighted by Gasteiger charge is 2.12. The molecule has 1 heterocycles. The van der Waals surface area contributed by atoms with Gasteiger partial charge in [0.2, 0.25) is 5.91 Å². The summed E-state index contributed by atoms with van der Waals surface area (Å²) in [7, 11) is 1.58. The maximum absolute atomic E-state index is 11.8. The van der Waals surface area contributed by atoms with E-state index in [-0.39, 0.29) is 5.91 Å². The quantitative estimate of drug-likeness (QED) is 0.829. The van der Waals surface area contributed by atoms with Gasteiger partial charge in [0.15, 0.2) is 5.13 Å². The number of rotatable bonds is 5. The Kier molecular flexibility index (Phi) is 4.44. The summed E-state index contributed by atoms with van der Waals surface area (Å²) in [6.45, 7) is 4.19. The first-order valence-electron chi connectivity index (χ1n) is 6.53. The molecule has 108 valence electrons. The van der Waals surface area contributed by atoms with Gasteiger partial charge in [-0.3, -0.25) is 4.79 Å². The molecule has 3 N–H and O–H groups in total. The van der Waals surface area contributed by atoms with Crippen molar-refractivity contribution in [2.75, 3.05) is 18.2 Å². The number of thiazole rings is 1. The minimum atomic E-state index is -0.00954. The van der Waals surface area contributed by atoms with Crippen LogP contribution in [0.3, 0.4) is 0 Å². The number of hydrogen-bond donors (Lipinski definition) is 2. The molecule has 0 bridgehead atoms. The number of methoxy groups -OCH3 is 1. The van der Waals surface area contributed by atoms with Gasteiger partial charge in [-0.2, -0.15) is 0 Å². The van der Waals surface area contributed by atoms with Gasteiger partial charge >= 0.3 is 0 Å². The second-order valence-electron chi connectivity index (χ2n) is 5.07. The Balaban J connectivity index is 2.17. The summed E-state index contributed by atoms with van der Waals surface area (Å²) in [5, 5.41) is 3.41. The van der Waals surface area contributed by atoms with E-state index in [1.807, 2.05) is 6.07 Å². The van der Waals surface area contributed by atoms with Crippen LogP contribution in [0.5, 0.6) is 5.75 Å². The highest BCUT2D eigenvalue weighted by molar-refractivity contribution is 7.22. The highest BCUT2D eigenvalue weighted by atomic mass is 32.1. The number of nitrogen functional groups attached to an aromatic ring is 1. The molecule has 1 aromatic heterocycles. The predicted octanol–water partition coefficient (Wildman–Crippen LogP) is 3.26. The third-order valence-corrected chi connectivity index (χ3v) is 3.82. The zero-order valence-electron chi connectivity index (χ0n) is 11.9. The fourth-order valence-electron chi connectivity index (χ4n) is 1.83. The van der Waals surface area contributed by atoms with Crippen molar-refractivity contribution in [2.45, 2.75) is 26.7 Å². The van der Waals surface area contributed by atoms with Crippen LogP contribution in [-0.2, 0) is 4.79 Å². The third kappa shape index (κ3) is 3.39. The topological polar surface area (TPSA) is 77.2 Å². The fourth-order valence-corrected chi connectivity index (χ4v) is 2.78. The van der Waals surface area contributed by atoms with E-state index in [1.54, 1.807) is 13.2 Å². The van der Waals surface area contributed by atoms with Gasteiger partial charge in [0, 0.05) is 18.2 Å². The Morgan fingerprint density at radius 3 is 2.90 bits per heavy atom. The SMILES string of the molecule is COc1cc(N)cc2sc(NC(=O)CCC(C)C)nc12. The zero-order valence-corrected chi connectivity index (χ0v) is 12.7. The van der Waals surface area contributed by atoms with E-state index >= 15 is 0 Å². The standard InChI is InChI=1S/C14H19N3O2S/c1-8(2)4-5-12(18)16-14-17-13-10(19-3)6-9(15)7-11(13)20-14/h6-8H,4-5,15H2,1-3H3,(H,16,17,18). The molecule has 0 atom stereocenters. The number of benzene rings is 1. The first-order chi connectivity index (χ1) is 9.49. The maximum atomic E-state index is 11.8. The van der Waals surface area contributed by atoms with Gasteiger partial charge in [0.05, 0.1) is 11.8 Å². The Morgan fingerprint density at radius 2 is 2.25 bits per heavy atom. The van der Waals surface area contributed by atoms with E-state index in [4.69, 9.17) is 10.5 Å². The number of aromatic nitrogens is 1. The van der Waals surface area contributed by atoms with Crippen molar-refractivity contribution >= 4 is 38.3 Å². The van der Waals surface area contributed by atoms with Crippen molar-refractivity contribution in [1.29, 1.82) is 0 Å². The van der Waals surface area contributed by atoms with Crippen molar-refractivity contribution < 1.29 is 9.53 Å². The van der Waals surface area contributed by atoms with Gasteiger partial charge in [0.1, 0.15) is 11.3 Å². The number of nitrogens with one attached hydrogen (secondary N) is 1. The molecule has 0 saturated heterocycles. The normalized spacial score (nSPS) is 11.0. The number of carbonyl (C=O) groups is 1. The minimum absolute atomic E-state index is 0.00954. The molecule has 0 saturated carbocycles. The van der Waals surface area contributed by atoms with Gasteiger partial charge in [-0.25, -0.2) is 4.98 Å². The molecule has 20 heavy (non-hydrogen) atoms. The Hall–Kier alpha value is -1.82. The average Bonchev–Trinajstić information content (AvgIpc) is 2.77. The summed E-state index contributed by atoms with van der Waals surface area (Å²) in [6.07, 6.45) is 1.37. The summed E-state index contributed by atoms with van der Waals surface area (Å²) < 4.78 is 6.16. The molecule has 0 aliphatic heterocycles. The van der Waals surface area contributed by atoms with Crippen LogP contribution < -0.4 is 15.8 Å². The number of nitrogens with two attached hydrogens (primary N) is 1. The van der Waals surface area contributed by atoms with Gasteiger partial charge in [-0.1, -0.05) is 25.2 Å². The van der Waals surface area contributed by atoms with Crippen LogP contribution in [0.1, 0.15) is 26.7 Å². The average molecular weight is 293 g/mol. The Bertz CT molecular complexity index is 622. The van der Waals surface area contributed by atoms with Crippen LogP contribution in [0.4, 0.5) is 10.8 Å². The van der Waals surface area contributed by atoms with E-state index < -0.39 is 0 Å². The molecule has 1 aromatic carbocycles. The lowest BCUT2D eigenvalue weighted by atomic mass is 10.1. The van der Waals surface area contributed by atoms with E-state index in [0.29, 0.717) is 28.9 Å². The van der Waals surface area contributed by atoms with E-state index in [9.17, 15) is 4.79 Å². The summed E-state index contributed by atoms with van der Waals surface area (Å²) >= 11 is 1.40. The molecule has 0 radical (unpaired) electrons. The van der Waals surface area contributed by atoms with Crippen LogP contribution in [0.25, 0.3) is 10.2 Å². The van der Waals surface area contributed by atoms with E-state index in [2.05, 4.69) is 24.1 Å². The molecule has 0 unspecified atom stereocenters. The number of carbonyl (C=O) groups excluding carboxylic acids is 1. The molecule has 2 rings (SSSR count). The third-order valence-electron chi connectivity index (χ3n) is 2.90. The Labute approximate surface area is 122 Å². The number of ether oxygens (including phenoxy) is 1. The summed E-state index contributed by atoms with van der Waals surface area (Å²) in [5.41, 5.74) is 7.15. The van der Waals surface area contributed by atoms with E-state index in [1.165, 1.54) is 11.3 Å². The molecule has 5 nitrogen and oxygen atoms in total. The second kappa shape index (κ2) is 6.09. The second-order valence-corrected chi connectivity index (χ2v) is 6.10. The van der Waals surface area contributed by atoms with Crippen molar-refractivity contribution in [1.82, 2.24) is 4.98 Å². The predicted molar refractivity (Wildman–Crippen MR) is 83.3 cm³/mol. The number of anilines is 2. The van der Waals surface area contributed by atoms with Gasteiger partial charge < -0.3 is 15.8 Å². The van der Waals surface area contributed by atoms with Crippen molar-refractivity contribution in [3.05, 3.63) is 12.1 Å². The zero-order chi connectivity index (χ0) is 14.7. The lowest BCUT2D eigenvalue weighted by molar-refractivity contribution is -0.116. The molecule has 0 aliphatic rings. The summed E-state index contributed by atoms with van der Waals surface area (Å²) in [6, 6.07) is 3.56. The van der Waals surface area contributed by atoms with Crippen LogP contribution in [0, 0.1) is 5.92 Å². The first kappa shape index (κ1) is 14.6. The van der Waals surface area contributed by atoms with Crippen molar-refractivity contribution in [3.63, 3.8) is 0 Å². The van der Waals surface area contributed by atoms with Gasteiger partial charge in [-0.15, -0.1) is 0 Å². The number of fused-ring (bicyclic) bond motifs is 1. The molecular formula is C14H19N3O2S. The summed E-state index contributed by atoms with van der Waals surface area (Å²) in [5.74, 6) is 1.12. The molecule has 0 spiro atoms. The van der Waals surface area contributed by atoms with Crippen LogP contribution >= 0.6 is 11.3 Å². The van der Waals surface area contributed by atoms with Gasteiger partial charge in [0.25, 0.3) is 0 Å². The lowest BCUT2D eigenvalue weighted by Crippen LogP contribution is -2.11. The lowest BCUT2D eigenvalue weighted by Gasteiger charge is -2.03.